The molecule has 0 spiro atoms. The van der Waals surface area contributed by atoms with Crippen molar-refractivity contribution in [2.24, 2.45) is 5.41 Å². The molecule has 9 nitrogen and oxygen atoms in total. The minimum absolute atomic E-state index is 0.0139. The zero-order valence-electron chi connectivity index (χ0n) is 25.8. The van der Waals surface area contributed by atoms with Crippen LogP contribution < -0.4 is 9.47 Å². The summed E-state index contributed by atoms with van der Waals surface area (Å²) in [5, 5.41) is 17.5. The van der Waals surface area contributed by atoms with E-state index in [1.54, 1.807) is 12.1 Å². The monoisotopic (exact) mass is 671 g/mol. The molecule has 0 amide bonds. The number of para-hydroxylation sites is 1. The number of nitrogens with zero attached hydrogens (tertiary/aromatic N) is 6. The lowest BCUT2D eigenvalue weighted by Crippen LogP contribution is -2.31. The number of ether oxygens (including phenoxy) is 2. The summed E-state index contributed by atoms with van der Waals surface area (Å²) >= 11 is 6.10. The van der Waals surface area contributed by atoms with E-state index in [4.69, 9.17) is 26.1 Å². The Morgan fingerprint density at radius 3 is 2.56 bits per heavy atom. The first-order valence-electron chi connectivity index (χ1n) is 15.6. The van der Waals surface area contributed by atoms with Crippen molar-refractivity contribution >= 4 is 28.2 Å². The lowest BCUT2D eigenvalue weighted by Gasteiger charge is -2.27. The molecule has 4 heterocycles. The van der Waals surface area contributed by atoms with Crippen LogP contribution in [0.3, 0.4) is 0 Å². The molecule has 2 aliphatic heterocycles. The van der Waals surface area contributed by atoms with Crippen LogP contribution in [0.1, 0.15) is 49.0 Å². The second-order valence-electron chi connectivity index (χ2n) is 12.7. The van der Waals surface area contributed by atoms with Gasteiger partial charge in [0.15, 0.2) is 17.3 Å². The Hall–Kier alpha value is -4.86. The summed E-state index contributed by atoms with van der Waals surface area (Å²) in [6.07, 6.45) is -0.0114. The zero-order chi connectivity index (χ0) is 33.3. The molecule has 8 rings (SSSR count). The summed E-state index contributed by atoms with van der Waals surface area (Å²) in [6, 6.07) is 21.1. The van der Waals surface area contributed by atoms with Crippen LogP contribution in [0, 0.1) is 16.7 Å². The third kappa shape index (κ3) is 5.46. The molecular formula is C35H29ClF3N7O2. The number of benzene rings is 3. The van der Waals surface area contributed by atoms with Crippen LogP contribution in [0.2, 0.25) is 5.02 Å². The van der Waals surface area contributed by atoms with E-state index in [1.807, 2.05) is 49.4 Å². The smallest absolute Gasteiger partial charge is 0.445 e. The highest BCUT2D eigenvalue weighted by Gasteiger charge is 2.44. The zero-order valence-corrected chi connectivity index (χ0v) is 26.6. The van der Waals surface area contributed by atoms with Crippen LogP contribution in [0.4, 0.5) is 13.2 Å². The summed E-state index contributed by atoms with van der Waals surface area (Å²) in [5.74, 6) is 0.0892. The molecule has 244 valence electrons. The van der Waals surface area contributed by atoms with Crippen molar-refractivity contribution in [2.75, 3.05) is 13.1 Å². The second kappa shape index (κ2) is 11.1. The average Bonchev–Trinajstić information content (AvgIpc) is 3.35. The van der Waals surface area contributed by atoms with Crippen LogP contribution in [0.5, 0.6) is 11.5 Å². The summed E-state index contributed by atoms with van der Waals surface area (Å²) in [6.45, 7) is 4.38. The van der Waals surface area contributed by atoms with Gasteiger partial charge in [0.2, 0.25) is 5.82 Å². The number of nitrogens with one attached hydrogen (secondary N) is 1. The quantitative estimate of drug-likeness (QED) is 0.189. The number of aromatic nitrogens is 5. The Kier molecular flexibility index (Phi) is 7.05. The van der Waals surface area contributed by atoms with Gasteiger partial charge in [-0.3, -0.25) is 4.90 Å². The molecule has 1 fully saturated rings. The Morgan fingerprint density at radius 1 is 1.06 bits per heavy atom. The maximum Gasteiger partial charge on any atom is 0.451 e. The number of hydrogen-bond acceptors (Lipinski definition) is 7. The third-order valence-corrected chi connectivity index (χ3v) is 9.61. The Labute approximate surface area is 278 Å². The number of aromatic amines is 1. The van der Waals surface area contributed by atoms with E-state index in [0.29, 0.717) is 47.2 Å². The topological polar surface area (TPSA) is 105 Å². The molecule has 1 unspecified atom stereocenters. The van der Waals surface area contributed by atoms with E-state index in [1.165, 1.54) is 0 Å². The fraction of sp³-hybridized carbons (Fsp3) is 0.314. The van der Waals surface area contributed by atoms with Crippen molar-refractivity contribution < 1.29 is 22.6 Å². The van der Waals surface area contributed by atoms with Gasteiger partial charge in [0.05, 0.1) is 29.1 Å². The van der Waals surface area contributed by atoms with Crippen molar-refractivity contribution in [3.63, 3.8) is 0 Å². The van der Waals surface area contributed by atoms with Gasteiger partial charge < -0.3 is 19.0 Å². The van der Waals surface area contributed by atoms with Gasteiger partial charge in [0, 0.05) is 48.3 Å². The van der Waals surface area contributed by atoms with Crippen LogP contribution in [0.25, 0.3) is 28.0 Å². The summed E-state index contributed by atoms with van der Waals surface area (Å²) < 4.78 is 54.3. The third-order valence-electron chi connectivity index (χ3n) is 9.36. The van der Waals surface area contributed by atoms with Gasteiger partial charge in [0.25, 0.3) is 5.79 Å². The van der Waals surface area contributed by atoms with E-state index >= 15 is 0 Å². The molecule has 3 aliphatic rings. The largest absolute Gasteiger partial charge is 0.451 e. The molecule has 48 heavy (non-hydrogen) atoms. The van der Waals surface area contributed by atoms with Crippen LogP contribution in [-0.2, 0) is 25.1 Å². The van der Waals surface area contributed by atoms with Gasteiger partial charge >= 0.3 is 6.18 Å². The fourth-order valence-corrected chi connectivity index (χ4v) is 6.58. The van der Waals surface area contributed by atoms with Gasteiger partial charge in [-0.2, -0.15) is 18.4 Å². The summed E-state index contributed by atoms with van der Waals surface area (Å²) in [4.78, 5) is 9.49. The first-order valence-corrected chi connectivity index (χ1v) is 16.0. The number of rotatable bonds is 7. The van der Waals surface area contributed by atoms with Crippen LogP contribution in [-0.4, -0.2) is 42.7 Å². The maximum atomic E-state index is 13.1. The van der Waals surface area contributed by atoms with Crippen molar-refractivity contribution in [1.29, 1.82) is 5.26 Å². The molecule has 1 atom stereocenters. The first-order chi connectivity index (χ1) is 23.0. The van der Waals surface area contributed by atoms with Crippen molar-refractivity contribution in [3.05, 3.63) is 94.5 Å². The molecule has 1 saturated carbocycles. The van der Waals surface area contributed by atoms with E-state index in [2.05, 4.69) is 42.9 Å². The standard InChI is InChI=1S/C35H29ClF3N7O2/c1-33(23-6-8-24(36)9-7-23)47-28-4-2-3-25(30(28)48-33)21-11-15-45(16-12-21)18-29-41-26-17-22(31-42-32(44-43-31)35(37,38)39)5-10-27(26)46(29)20-34(19-40)13-14-34/h2-11,17H,12-16,18,20H2,1H3,(H,42,43,44). The van der Waals surface area contributed by atoms with Gasteiger partial charge in [-0.1, -0.05) is 29.8 Å². The van der Waals surface area contributed by atoms with E-state index < -0.39 is 23.2 Å². The van der Waals surface area contributed by atoms with Gasteiger partial charge in [-0.05, 0) is 73.4 Å². The number of imidazole rings is 1. The Balaban J connectivity index is 1.04. The average molecular weight is 672 g/mol. The fourth-order valence-electron chi connectivity index (χ4n) is 6.45. The SMILES string of the molecule is CC1(c2ccc(Cl)cc2)Oc2cccc(C3=CCN(Cc4nc5cc(-c6nnc(C(F)(F)F)[nH]6)ccc5n4CC4(C#N)CC4)CC3)c2O1. The lowest BCUT2D eigenvalue weighted by atomic mass is 9.98. The minimum atomic E-state index is -4.62. The molecule has 13 heteroatoms. The van der Waals surface area contributed by atoms with E-state index in [-0.39, 0.29) is 5.82 Å². The van der Waals surface area contributed by atoms with E-state index in [0.717, 1.165) is 53.8 Å². The van der Waals surface area contributed by atoms with Crippen LogP contribution >= 0.6 is 11.6 Å². The normalized spacial score (nSPS) is 20.1. The predicted molar refractivity (Wildman–Crippen MR) is 172 cm³/mol. The Morgan fingerprint density at radius 2 is 1.88 bits per heavy atom. The number of H-pyrrole nitrogens is 1. The lowest BCUT2D eigenvalue weighted by molar-refractivity contribution is -0.144. The second-order valence-corrected chi connectivity index (χ2v) is 13.2. The maximum absolute atomic E-state index is 13.1. The highest BCUT2D eigenvalue weighted by atomic mass is 35.5. The predicted octanol–water partition coefficient (Wildman–Crippen LogP) is 7.73. The van der Waals surface area contributed by atoms with Crippen molar-refractivity contribution in [1.82, 2.24) is 29.6 Å². The summed E-state index contributed by atoms with van der Waals surface area (Å²) in [5.41, 5.74) is 4.48. The number of nitriles is 1. The Bertz CT molecular complexity index is 2130. The molecule has 0 bridgehead atoms. The minimum Gasteiger partial charge on any atom is -0.445 e. The number of fused-ring (bicyclic) bond motifs is 2. The van der Waals surface area contributed by atoms with Gasteiger partial charge in [-0.15, -0.1) is 10.2 Å². The first kappa shape index (κ1) is 30.5. The van der Waals surface area contributed by atoms with Crippen molar-refractivity contribution in [2.45, 2.75) is 51.2 Å². The number of alkyl halides is 3. The number of hydrogen-bond donors (Lipinski definition) is 1. The molecule has 1 aliphatic carbocycles. The van der Waals surface area contributed by atoms with E-state index in [9.17, 15) is 18.4 Å². The van der Waals surface area contributed by atoms with Gasteiger partial charge in [-0.25, -0.2) is 4.98 Å². The van der Waals surface area contributed by atoms with Crippen LogP contribution in [0.15, 0.2) is 66.7 Å². The molecule has 0 saturated heterocycles. The molecule has 5 aromatic rings. The molecule has 2 aromatic heterocycles. The number of halogens is 4. The highest BCUT2D eigenvalue weighted by molar-refractivity contribution is 6.30. The van der Waals surface area contributed by atoms with Gasteiger partial charge in [0.1, 0.15) is 5.82 Å². The molecule has 1 N–H and O–H groups in total. The molecule has 0 radical (unpaired) electrons. The molecular weight excluding hydrogens is 643 g/mol. The molecule has 3 aromatic carbocycles. The highest BCUT2D eigenvalue weighted by Crippen LogP contribution is 2.49. The summed E-state index contributed by atoms with van der Waals surface area (Å²) in [7, 11) is 0. The van der Waals surface area contributed by atoms with Crippen molar-refractivity contribution in [3.8, 4) is 29.0 Å².